The van der Waals surface area contributed by atoms with Gasteiger partial charge in [-0.15, -0.1) is 0 Å². The third-order valence-electron chi connectivity index (χ3n) is 4.17. The first-order valence-corrected chi connectivity index (χ1v) is 7.03. The van der Waals surface area contributed by atoms with Crippen molar-refractivity contribution >= 4 is 5.78 Å². The molecule has 1 nitrogen and oxygen atoms in total. The molecule has 1 aliphatic rings. The van der Waals surface area contributed by atoms with Crippen LogP contribution < -0.4 is 0 Å². The van der Waals surface area contributed by atoms with E-state index in [1.807, 2.05) is 12.1 Å². The predicted molar refractivity (Wildman–Crippen MR) is 77.4 cm³/mol. The Hall–Kier alpha value is -1.96. The van der Waals surface area contributed by atoms with E-state index in [2.05, 4.69) is 12.1 Å². The van der Waals surface area contributed by atoms with Crippen LogP contribution in [0.15, 0.2) is 42.5 Å². The molecular weight excluding hydrogens is 251 g/mol. The van der Waals surface area contributed by atoms with E-state index in [4.69, 9.17) is 0 Å². The van der Waals surface area contributed by atoms with E-state index in [1.165, 1.54) is 11.1 Å². The molecule has 102 valence electrons. The van der Waals surface area contributed by atoms with Crippen LogP contribution in [0.4, 0.5) is 4.39 Å². The third kappa shape index (κ3) is 2.26. The first-order chi connectivity index (χ1) is 9.66. The molecule has 2 aromatic carbocycles. The minimum Gasteiger partial charge on any atom is -0.294 e. The molecule has 0 saturated heterocycles. The van der Waals surface area contributed by atoms with Crippen molar-refractivity contribution in [1.29, 1.82) is 0 Å². The average molecular weight is 268 g/mol. The highest BCUT2D eigenvalue weighted by Crippen LogP contribution is 2.28. The first kappa shape index (κ1) is 13.0. The molecule has 0 bridgehead atoms. The highest BCUT2D eigenvalue weighted by Gasteiger charge is 2.27. The van der Waals surface area contributed by atoms with Crippen molar-refractivity contribution in [1.82, 2.24) is 0 Å². The van der Waals surface area contributed by atoms with Gasteiger partial charge in [0.15, 0.2) is 5.78 Å². The van der Waals surface area contributed by atoms with Crippen LogP contribution >= 0.6 is 0 Å². The van der Waals surface area contributed by atoms with Crippen LogP contribution in [0.3, 0.4) is 0 Å². The number of hydrogen-bond donors (Lipinski definition) is 0. The molecule has 0 aliphatic heterocycles. The summed E-state index contributed by atoms with van der Waals surface area (Å²) in [6.45, 7) is 1.70. The molecule has 1 unspecified atom stereocenters. The maximum atomic E-state index is 14.1. The summed E-state index contributed by atoms with van der Waals surface area (Å²) in [5, 5.41) is 0. The van der Waals surface area contributed by atoms with Crippen LogP contribution in [-0.2, 0) is 12.8 Å². The van der Waals surface area contributed by atoms with Gasteiger partial charge in [0.05, 0.1) is 5.56 Å². The van der Waals surface area contributed by atoms with Crippen molar-refractivity contribution in [2.45, 2.75) is 26.2 Å². The van der Waals surface area contributed by atoms with Crippen LogP contribution in [-0.4, -0.2) is 5.78 Å². The number of benzene rings is 2. The third-order valence-corrected chi connectivity index (χ3v) is 4.17. The van der Waals surface area contributed by atoms with E-state index >= 15 is 0 Å². The topological polar surface area (TPSA) is 17.1 Å². The summed E-state index contributed by atoms with van der Waals surface area (Å²) in [4.78, 5) is 12.5. The van der Waals surface area contributed by atoms with Crippen LogP contribution in [0.5, 0.6) is 0 Å². The number of ketones is 1. The largest absolute Gasteiger partial charge is 0.294 e. The fraction of sp³-hybridized carbons (Fsp3) is 0.278. The summed E-state index contributed by atoms with van der Waals surface area (Å²) in [6, 6.07) is 13.3. The second kappa shape index (κ2) is 5.20. The Morgan fingerprint density at radius 3 is 2.65 bits per heavy atom. The van der Waals surface area contributed by atoms with Crippen molar-refractivity contribution < 1.29 is 9.18 Å². The van der Waals surface area contributed by atoms with Crippen molar-refractivity contribution in [2.24, 2.45) is 5.92 Å². The zero-order valence-electron chi connectivity index (χ0n) is 11.5. The summed E-state index contributed by atoms with van der Waals surface area (Å²) in [6.07, 6.45) is 2.44. The van der Waals surface area contributed by atoms with Crippen molar-refractivity contribution in [3.05, 3.63) is 70.5 Å². The average Bonchev–Trinajstić information content (AvgIpc) is 2.49. The number of halogens is 1. The van der Waals surface area contributed by atoms with Crippen molar-refractivity contribution in [3.63, 3.8) is 0 Å². The summed E-state index contributed by atoms with van der Waals surface area (Å²) in [5.41, 5.74) is 3.33. The smallest absolute Gasteiger partial charge is 0.169 e. The number of Topliss-reactive ketones (excluding diaryl/α,β-unsaturated/α-hetero) is 1. The molecule has 0 aromatic heterocycles. The zero-order valence-corrected chi connectivity index (χ0v) is 11.5. The van der Waals surface area contributed by atoms with E-state index in [1.54, 1.807) is 25.1 Å². The molecule has 2 heteroatoms. The maximum Gasteiger partial charge on any atom is 0.169 e. The predicted octanol–water partition coefficient (Wildman–Crippen LogP) is 4.12. The second-order valence-electron chi connectivity index (χ2n) is 5.51. The molecular formula is C18H17FO. The lowest BCUT2D eigenvalue weighted by molar-refractivity contribution is 0.0904. The van der Waals surface area contributed by atoms with Gasteiger partial charge in [0, 0.05) is 5.92 Å². The van der Waals surface area contributed by atoms with Crippen LogP contribution in [0.25, 0.3) is 0 Å². The SMILES string of the molecule is Cc1cccc(C(=O)C2CCc3ccccc3C2)c1F. The molecule has 2 aromatic rings. The molecule has 0 heterocycles. The van der Waals surface area contributed by atoms with Gasteiger partial charge in [-0.05, 0) is 48.9 Å². The number of carbonyl (C=O) groups excluding carboxylic acids is 1. The molecule has 0 radical (unpaired) electrons. The lowest BCUT2D eigenvalue weighted by atomic mass is 9.80. The Labute approximate surface area is 118 Å². The van der Waals surface area contributed by atoms with Gasteiger partial charge in [-0.2, -0.15) is 0 Å². The van der Waals surface area contributed by atoms with Gasteiger partial charge in [0.1, 0.15) is 5.82 Å². The highest BCUT2D eigenvalue weighted by atomic mass is 19.1. The number of carbonyl (C=O) groups is 1. The summed E-state index contributed by atoms with van der Waals surface area (Å²) >= 11 is 0. The van der Waals surface area contributed by atoms with Gasteiger partial charge in [-0.25, -0.2) is 4.39 Å². The normalized spacial score (nSPS) is 17.6. The zero-order chi connectivity index (χ0) is 14.1. The second-order valence-corrected chi connectivity index (χ2v) is 5.51. The maximum absolute atomic E-state index is 14.1. The quantitative estimate of drug-likeness (QED) is 0.749. The molecule has 0 spiro atoms. The van der Waals surface area contributed by atoms with E-state index in [-0.39, 0.29) is 23.1 Å². The van der Waals surface area contributed by atoms with E-state index in [0.29, 0.717) is 5.56 Å². The fourth-order valence-corrected chi connectivity index (χ4v) is 2.98. The van der Waals surface area contributed by atoms with E-state index in [0.717, 1.165) is 19.3 Å². The first-order valence-electron chi connectivity index (χ1n) is 7.03. The molecule has 1 aliphatic carbocycles. The van der Waals surface area contributed by atoms with Gasteiger partial charge < -0.3 is 0 Å². The molecule has 1 atom stereocenters. The molecule has 0 N–H and O–H groups in total. The summed E-state index contributed by atoms with van der Waals surface area (Å²) in [5.74, 6) is -0.515. The lowest BCUT2D eigenvalue weighted by Gasteiger charge is -2.23. The molecule has 3 rings (SSSR count). The Kier molecular flexibility index (Phi) is 3.39. The van der Waals surface area contributed by atoms with Gasteiger partial charge in [-0.1, -0.05) is 36.4 Å². The van der Waals surface area contributed by atoms with E-state index < -0.39 is 0 Å². The molecule has 0 fully saturated rings. The minimum absolute atomic E-state index is 0.0549. The molecule has 20 heavy (non-hydrogen) atoms. The number of hydrogen-bond acceptors (Lipinski definition) is 1. The number of fused-ring (bicyclic) bond motifs is 1. The Morgan fingerprint density at radius 1 is 1.10 bits per heavy atom. The van der Waals surface area contributed by atoms with Crippen LogP contribution in [0, 0.1) is 18.7 Å². The fourth-order valence-electron chi connectivity index (χ4n) is 2.98. The van der Waals surface area contributed by atoms with Crippen molar-refractivity contribution in [3.8, 4) is 0 Å². The van der Waals surface area contributed by atoms with Gasteiger partial charge in [0.25, 0.3) is 0 Å². The van der Waals surface area contributed by atoms with Gasteiger partial charge >= 0.3 is 0 Å². The van der Waals surface area contributed by atoms with E-state index in [9.17, 15) is 9.18 Å². The minimum atomic E-state index is -0.364. The van der Waals surface area contributed by atoms with Crippen LogP contribution in [0.2, 0.25) is 0 Å². The standard InChI is InChI=1S/C18H17FO/c1-12-5-4-8-16(17(12)19)18(20)15-10-9-13-6-2-3-7-14(13)11-15/h2-8,15H,9-11H2,1H3. The monoisotopic (exact) mass is 268 g/mol. The number of rotatable bonds is 2. The lowest BCUT2D eigenvalue weighted by Crippen LogP contribution is -2.23. The van der Waals surface area contributed by atoms with Crippen molar-refractivity contribution in [2.75, 3.05) is 0 Å². The Bertz CT molecular complexity index is 660. The number of aryl methyl sites for hydroxylation is 2. The van der Waals surface area contributed by atoms with Crippen LogP contribution in [0.1, 0.15) is 33.5 Å². The van der Waals surface area contributed by atoms with Gasteiger partial charge in [0.2, 0.25) is 0 Å². The summed E-state index contributed by atoms with van der Waals surface area (Å²) < 4.78 is 14.1. The molecule has 0 amide bonds. The Morgan fingerprint density at radius 2 is 1.85 bits per heavy atom. The summed E-state index contributed by atoms with van der Waals surface area (Å²) in [7, 11) is 0. The Balaban J connectivity index is 1.88. The molecule has 0 saturated carbocycles. The van der Waals surface area contributed by atoms with Gasteiger partial charge in [-0.3, -0.25) is 4.79 Å². The highest BCUT2D eigenvalue weighted by molar-refractivity contribution is 5.98.